The van der Waals surface area contributed by atoms with E-state index in [9.17, 15) is 13.2 Å². The molecule has 1 fully saturated rings. The monoisotopic (exact) mass is 378 g/mol. The number of amides is 1. The number of hydrogen-bond donors (Lipinski definition) is 1. The van der Waals surface area contributed by atoms with Crippen molar-refractivity contribution in [3.05, 3.63) is 28.2 Å². The second-order valence-electron chi connectivity index (χ2n) is 5.60. The van der Waals surface area contributed by atoms with E-state index in [0.29, 0.717) is 36.5 Å². The van der Waals surface area contributed by atoms with Crippen molar-refractivity contribution in [1.29, 1.82) is 0 Å². The lowest BCUT2D eigenvalue weighted by Gasteiger charge is -2.31. The number of benzene rings is 1. The Morgan fingerprint density at radius 3 is 2.83 bits per heavy atom. The number of halogens is 2. The van der Waals surface area contributed by atoms with Crippen LogP contribution in [0.25, 0.3) is 0 Å². The van der Waals surface area contributed by atoms with Gasteiger partial charge in [-0.05, 0) is 31.4 Å². The van der Waals surface area contributed by atoms with Crippen LogP contribution in [0, 0.1) is 5.92 Å². The highest BCUT2D eigenvalue weighted by molar-refractivity contribution is 7.89. The number of nitrogens with zero attached hydrogens (tertiary/aromatic N) is 1. The smallest absolute Gasteiger partial charge is 0.228 e. The van der Waals surface area contributed by atoms with E-state index in [0.717, 1.165) is 0 Å². The Morgan fingerprint density at radius 1 is 1.39 bits per heavy atom. The van der Waals surface area contributed by atoms with Crippen LogP contribution >= 0.6 is 23.2 Å². The van der Waals surface area contributed by atoms with E-state index in [2.05, 4.69) is 5.32 Å². The Morgan fingerprint density at radius 2 is 2.13 bits per heavy atom. The molecule has 1 aliphatic heterocycles. The van der Waals surface area contributed by atoms with Gasteiger partial charge in [-0.15, -0.1) is 0 Å². The molecule has 8 heteroatoms. The fourth-order valence-corrected chi connectivity index (χ4v) is 4.57. The lowest BCUT2D eigenvalue weighted by molar-refractivity contribution is -0.120. The third kappa shape index (κ3) is 4.59. The molecule has 1 aromatic carbocycles. The largest absolute Gasteiger partial charge is 0.324 e. The first-order chi connectivity index (χ1) is 10.8. The summed E-state index contributed by atoms with van der Waals surface area (Å²) >= 11 is 12.0. The number of carbonyl (C=O) groups excluding carboxylic acids is 1. The summed E-state index contributed by atoms with van der Waals surface area (Å²) in [6.45, 7) is 2.52. The van der Waals surface area contributed by atoms with Crippen LogP contribution in [0.3, 0.4) is 0 Å². The molecule has 0 radical (unpaired) electrons. The summed E-state index contributed by atoms with van der Waals surface area (Å²) in [5.74, 6) is -0.502. The number of hydrogen-bond acceptors (Lipinski definition) is 3. The predicted octanol–water partition coefficient (Wildman–Crippen LogP) is 3.38. The van der Waals surface area contributed by atoms with Gasteiger partial charge in [0, 0.05) is 13.1 Å². The maximum Gasteiger partial charge on any atom is 0.228 e. The number of carbonyl (C=O) groups is 1. The predicted molar refractivity (Wildman–Crippen MR) is 93.5 cm³/mol. The Balaban J connectivity index is 2.06. The molecule has 1 unspecified atom stereocenters. The van der Waals surface area contributed by atoms with Crippen molar-refractivity contribution in [1.82, 2.24) is 4.31 Å². The third-order valence-corrected chi connectivity index (χ3v) is 6.68. The fraction of sp³-hybridized carbons (Fsp3) is 0.533. The highest BCUT2D eigenvalue weighted by Gasteiger charge is 2.32. The SMILES string of the molecule is CCCS(=O)(=O)N1CCCC(C(=O)Nc2cccc(Cl)c2Cl)C1. The first-order valence-electron chi connectivity index (χ1n) is 7.58. The summed E-state index contributed by atoms with van der Waals surface area (Å²) in [6, 6.07) is 5.00. The molecule has 0 aliphatic carbocycles. The van der Waals surface area contributed by atoms with Crippen LogP contribution in [-0.4, -0.2) is 37.5 Å². The van der Waals surface area contributed by atoms with Gasteiger partial charge >= 0.3 is 0 Å². The van der Waals surface area contributed by atoms with E-state index in [1.54, 1.807) is 18.2 Å². The molecule has 0 bridgehead atoms. The molecular weight excluding hydrogens is 359 g/mol. The van der Waals surface area contributed by atoms with Gasteiger partial charge in [0.15, 0.2) is 0 Å². The van der Waals surface area contributed by atoms with Crippen molar-refractivity contribution in [2.24, 2.45) is 5.92 Å². The Kier molecular flexibility index (Phi) is 6.31. The fourth-order valence-electron chi connectivity index (χ4n) is 2.63. The van der Waals surface area contributed by atoms with E-state index >= 15 is 0 Å². The lowest BCUT2D eigenvalue weighted by Crippen LogP contribution is -2.44. The number of nitrogens with one attached hydrogen (secondary N) is 1. The van der Waals surface area contributed by atoms with Crippen LogP contribution in [0.4, 0.5) is 5.69 Å². The molecule has 1 aliphatic rings. The zero-order valence-corrected chi connectivity index (χ0v) is 15.2. The van der Waals surface area contributed by atoms with Crippen molar-refractivity contribution in [2.45, 2.75) is 26.2 Å². The van der Waals surface area contributed by atoms with Crippen LogP contribution in [0.5, 0.6) is 0 Å². The number of sulfonamides is 1. The van der Waals surface area contributed by atoms with Gasteiger partial charge in [0.05, 0.1) is 27.4 Å². The van der Waals surface area contributed by atoms with Crippen molar-refractivity contribution < 1.29 is 13.2 Å². The summed E-state index contributed by atoms with van der Waals surface area (Å²) in [4.78, 5) is 12.4. The summed E-state index contributed by atoms with van der Waals surface area (Å²) in [6.07, 6.45) is 1.89. The second kappa shape index (κ2) is 7.83. The highest BCUT2D eigenvalue weighted by atomic mass is 35.5. The quantitative estimate of drug-likeness (QED) is 0.853. The molecule has 1 atom stereocenters. The van der Waals surface area contributed by atoms with Crippen LogP contribution in [0.1, 0.15) is 26.2 Å². The minimum absolute atomic E-state index is 0.113. The van der Waals surface area contributed by atoms with Crippen LogP contribution in [0.15, 0.2) is 18.2 Å². The average Bonchev–Trinajstić information content (AvgIpc) is 2.52. The molecule has 128 valence electrons. The van der Waals surface area contributed by atoms with Crippen molar-refractivity contribution in [3.8, 4) is 0 Å². The molecular formula is C15H20Cl2N2O3S. The van der Waals surface area contributed by atoms with Crippen molar-refractivity contribution in [3.63, 3.8) is 0 Å². The Labute approximate surface area is 147 Å². The van der Waals surface area contributed by atoms with E-state index in [1.807, 2.05) is 6.92 Å². The molecule has 23 heavy (non-hydrogen) atoms. The highest BCUT2D eigenvalue weighted by Crippen LogP contribution is 2.30. The molecule has 0 spiro atoms. The molecule has 2 rings (SSSR count). The number of rotatable bonds is 5. The lowest BCUT2D eigenvalue weighted by atomic mass is 9.99. The average molecular weight is 379 g/mol. The van der Waals surface area contributed by atoms with Gasteiger partial charge in [-0.25, -0.2) is 12.7 Å². The van der Waals surface area contributed by atoms with Crippen LogP contribution < -0.4 is 5.32 Å². The normalized spacial score (nSPS) is 19.5. The molecule has 0 saturated carbocycles. The molecule has 1 saturated heterocycles. The Hall–Kier alpha value is -0.820. The molecule has 1 amide bonds. The van der Waals surface area contributed by atoms with E-state index in [4.69, 9.17) is 23.2 Å². The molecule has 1 heterocycles. The summed E-state index contributed by atoms with van der Waals surface area (Å²) in [7, 11) is -3.28. The molecule has 5 nitrogen and oxygen atoms in total. The zero-order chi connectivity index (χ0) is 17.0. The minimum atomic E-state index is -3.28. The summed E-state index contributed by atoms with van der Waals surface area (Å²) < 4.78 is 25.8. The van der Waals surface area contributed by atoms with Gasteiger partial charge in [-0.1, -0.05) is 36.2 Å². The van der Waals surface area contributed by atoms with Gasteiger partial charge in [-0.3, -0.25) is 4.79 Å². The minimum Gasteiger partial charge on any atom is -0.324 e. The zero-order valence-electron chi connectivity index (χ0n) is 12.9. The van der Waals surface area contributed by atoms with Crippen molar-refractivity contribution >= 4 is 44.8 Å². The van der Waals surface area contributed by atoms with E-state index in [1.165, 1.54) is 4.31 Å². The van der Waals surface area contributed by atoms with Gasteiger partial charge in [0.2, 0.25) is 15.9 Å². The van der Waals surface area contributed by atoms with Crippen LogP contribution in [-0.2, 0) is 14.8 Å². The van der Waals surface area contributed by atoms with Gasteiger partial charge < -0.3 is 5.32 Å². The maximum absolute atomic E-state index is 12.4. The van der Waals surface area contributed by atoms with Crippen molar-refractivity contribution in [2.75, 3.05) is 24.2 Å². The molecule has 1 N–H and O–H groups in total. The number of piperidine rings is 1. The molecule has 0 aromatic heterocycles. The number of anilines is 1. The maximum atomic E-state index is 12.4. The van der Waals surface area contributed by atoms with E-state index in [-0.39, 0.29) is 29.1 Å². The Bertz CT molecular complexity index is 679. The topological polar surface area (TPSA) is 66.5 Å². The third-order valence-electron chi connectivity index (χ3n) is 3.82. The first kappa shape index (κ1) is 18.5. The second-order valence-corrected chi connectivity index (χ2v) is 8.48. The van der Waals surface area contributed by atoms with Crippen LogP contribution in [0.2, 0.25) is 10.0 Å². The summed E-state index contributed by atoms with van der Waals surface area (Å²) in [5, 5.41) is 3.40. The van der Waals surface area contributed by atoms with Gasteiger partial charge in [0.25, 0.3) is 0 Å². The van der Waals surface area contributed by atoms with Gasteiger partial charge in [0.1, 0.15) is 0 Å². The molecule has 1 aromatic rings. The standard InChI is InChI=1S/C15H20Cl2N2O3S/c1-2-9-23(21,22)19-8-4-5-11(10-19)15(20)18-13-7-3-6-12(16)14(13)17/h3,6-7,11H,2,4-5,8-10H2,1H3,(H,18,20). The summed E-state index contributed by atoms with van der Waals surface area (Å²) in [5.41, 5.74) is 0.442. The van der Waals surface area contributed by atoms with E-state index < -0.39 is 10.0 Å². The first-order valence-corrected chi connectivity index (χ1v) is 9.94. The van der Waals surface area contributed by atoms with Gasteiger partial charge in [-0.2, -0.15) is 0 Å².